The second-order valence-electron chi connectivity index (χ2n) is 6.63. The third-order valence-corrected chi connectivity index (χ3v) is 3.87. The third kappa shape index (κ3) is 4.91. The molecule has 0 aliphatic rings. The first-order valence-corrected chi connectivity index (χ1v) is 9.06. The molecule has 3 heterocycles. The van der Waals surface area contributed by atoms with Gasteiger partial charge in [-0.1, -0.05) is 0 Å². The fraction of sp³-hybridized carbons (Fsp3) is 0.421. The molecule has 3 rings (SSSR count). The van der Waals surface area contributed by atoms with Crippen molar-refractivity contribution < 1.29 is 9.13 Å². The summed E-state index contributed by atoms with van der Waals surface area (Å²) in [4.78, 5) is 13.4. The number of ether oxygens (including phenoxy) is 1. The Kier molecular flexibility index (Phi) is 6.18. The van der Waals surface area contributed by atoms with Crippen molar-refractivity contribution >= 4 is 11.5 Å². The van der Waals surface area contributed by atoms with Gasteiger partial charge in [-0.3, -0.25) is 9.38 Å². The second-order valence-corrected chi connectivity index (χ2v) is 6.63. The summed E-state index contributed by atoms with van der Waals surface area (Å²) in [5, 5.41) is 6.30. The summed E-state index contributed by atoms with van der Waals surface area (Å²) < 4.78 is 19.8. The van der Waals surface area contributed by atoms with Crippen LogP contribution in [0.5, 0.6) is 5.75 Å². The molecule has 0 saturated heterocycles. The highest BCUT2D eigenvalue weighted by molar-refractivity contribution is 5.61. The number of hydrogen-bond donors (Lipinski definition) is 2. The normalized spacial score (nSPS) is 12.5. The van der Waals surface area contributed by atoms with Crippen LogP contribution in [-0.2, 0) is 0 Å². The number of alkyl halides is 1. The van der Waals surface area contributed by atoms with Crippen molar-refractivity contribution in [1.29, 1.82) is 0 Å². The van der Waals surface area contributed by atoms with Crippen molar-refractivity contribution in [2.24, 2.45) is 0 Å². The van der Waals surface area contributed by atoms with Gasteiger partial charge in [0.05, 0.1) is 30.4 Å². The molecule has 0 fully saturated rings. The van der Waals surface area contributed by atoms with Crippen molar-refractivity contribution in [3.63, 3.8) is 0 Å². The first kappa shape index (κ1) is 19.0. The summed E-state index contributed by atoms with van der Waals surface area (Å²) >= 11 is 0. The Hall–Kier alpha value is -2.74. The molecule has 0 bridgehead atoms. The van der Waals surface area contributed by atoms with Crippen molar-refractivity contribution in [2.45, 2.75) is 32.9 Å². The van der Waals surface area contributed by atoms with Crippen LogP contribution in [0.1, 0.15) is 20.8 Å². The summed E-state index contributed by atoms with van der Waals surface area (Å²) in [6, 6.07) is 3.91. The highest BCUT2D eigenvalue weighted by atomic mass is 19.1. The molecule has 0 aromatic carbocycles. The van der Waals surface area contributed by atoms with E-state index in [1.165, 1.54) is 0 Å². The number of fused-ring (bicyclic) bond motifs is 1. The topological polar surface area (TPSA) is 76.4 Å². The molecule has 1 atom stereocenters. The number of nitrogens with zero attached hydrogens (tertiary/aromatic N) is 4. The molecule has 27 heavy (non-hydrogen) atoms. The molecule has 0 saturated carbocycles. The standard InChI is InChI=1S/C19H25FN6O/c1-13(2)27-15-4-7-26-17(11-23-19(26)8-15)16-10-22-12-18(25-16)24-14(3)9-21-6-5-20/h4,7-8,10-14,21H,5-6,9H2,1-3H3,(H,24,25)/t14-/m1/s1. The van der Waals surface area contributed by atoms with E-state index in [1.54, 1.807) is 18.6 Å². The smallest absolute Gasteiger partial charge is 0.145 e. The average Bonchev–Trinajstić information content (AvgIpc) is 3.05. The lowest BCUT2D eigenvalue weighted by atomic mass is 10.3. The van der Waals surface area contributed by atoms with Crippen LogP contribution < -0.4 is 15.4 Å². The zero-order valence-corrected chi connectivity index (χ0v) is 15.8. The Balaban J connectivity index is 1.78. The fourth-order valence-electron chi connectivity index (χ4n) is 2.74. The van der Waals surface area contributed by atoms with Crippen molar-refractivity contribution in [2.75, 3.05) is 25.1 Å². The molecule has 0 unspecified atom stereocenters. The van der Waals surface area contributed by atoms with Gasteiger partial charge in [0.1, 0.15) is 29.6 Å². The minimum atomic E-state index is -0.375. The number of anilines is 1. The molecule has 0 amide bonds. The Labute approximate surface area is 158 Å². The van der Waals surface area contributed by atoms with Gasteiger partial charge in [-0.25, -0.2) is 14.4 Å². The molecule has 0 aliphatic heterocycles. The molecule has 0 spiro atoms. The Morgan fingerprint density at radius 1 is 1.22 bits per heavy atom. The fourth-order valence-corrected chi connectivity index (χ4v) is 2.74. The van der Waals surface area contributed by atoms with E-state index in [2.05, 4.69) is 25.6 Å². The number of nitrogens with one attached hydrogen (secondary N) is 2. The number of halogens is 1. The Morgan fingerprint density at radius 2 is 2.07 bits per heavy atom. The number of aromatic nitrogens is 4. The van der Waals surface area contributed by atoms with E-state index >= 15 is 0 Å². The summed E-state index contributed by atoms with van der Waals surface area (Å²) in [5.41, 5.74) is 2.35. The maximum Gasteiger partial charge on any atom is 0.145 e. The summed E-state index contributed by atoms with van der Waals surface area (Å²) in [7, 11) is 0. The van der Waals surface area contributed by atoms with Gasteiger partial charge >= 0.3 is 0 Å². The van der Waals surface area contributed by atoms with E-state index in [-0.39, 0.29) is 18.8 Å². The van der Waals surface area contributed by atoms with Crippen LogP contribution in [0.25, 0.3) is 17.0 Å². The number of rotatable bonds is 9. The lowest BCUT2D eigenvalue weighted by molar-refractivity contribution is 0.242. The van der Waals surface area contributed by atoms with E-state index in [4.69, 9.17) is 4.74 Å². The SMILES string of the molecule is CC(C)Oc1ccn2c(-c3cncc(N[C@H](C)CNCCF)n3)cnc2c1. The van der Waals surface area contributed by atoms with Crippen molar-refractivity contribution in [1.82, 2.24) is 24.7 Å². The molecule has 0 aliphatic carbocycles. The highest BCUT2D eigenvalue weighted by Gasteiger charge is 2.11. The molecular weight excluding hydrogens is 347 g/mol. The maximum absolute atomic E-state index is 12.2. The molecule has 2 N–H and O–H groups in total. The first-order chi connectivity index (χ1) is 13.1. The van der Waals surface area contributed by atoms with Crippen LogP contribution in [-0.4, -0.2) is 51.3 Å². The molecular formula is C19H25FN6O. The van der Waals surface area contributed by atoms with E-state index in [0.717, 1.165) is 17.1 Å². The van der Waals surface area contributed by atoms with Crippen LogP contribution in [0.3, 0.4) is 0 Å². The highest BCUT2D eigenvalue weighted by Crippen LogP contribution is 2.23. The molecule has 0 radical (unpaired) electrons. The quantitative estimate of drug-likeness (QED) is 0.563. The van der Waals surface area contributed by atoms with Crippen molar-refractivity contribution in [3.8, 4) is 17.1 Å². The van der Waals surface area contributed by atoms with Crippen LogP contribution in [0.4, 0.5) is 10.2 Å². The van der Waals surface area contributed by atoms with Gasteiger partial charge in [0, 0.05) is 31.4 Å². The molecule has 3 aromatic heterocycles. The summed E-state index contributed by atoms with van der Waals surface area (Å²) in [6.07, 6.45) is 7.18. The molecule has 8 heteroatoms. The van der Waals surface area contributed by atoms with E-state index in [1.807, 2.05) is 43.5 Å². The zero-order chi connectivity index (χ0) is 19.2. The van der Waals surface area contributed by atoms with Gasteiger partial charge in [0.25, 0.3) is 0 Å². The van der Waals surface area contributed by atoms with Crippen LogP contribution in [0.15, 0.2) is 36.9 Å². The maximum atomic E-state index is 12.2. The molecule has 7 nitrogen and oxygen atoms in total. The van der Waals surface area contributed by atoms with Crippen LogP contribution >= 0.6 is 0 Å². The summed E-state index contributed by atoms with van der Waals surface area (Å²) in [5.74, 6) is 1.45. The van der Waals surface area contributed by atoms with E-state index in [9.17, 15) is 4.39 Å². The number of hydrogen-bond acceptors (Lipinski definition) is 6. The Morgan fingerprint density at radius 3 is 2.85 bits per heavy atom. The number of pyridine rings is 1. The van der Waals surface area contributed by atoms with Crippen molar-refractivity contribution in [3.05, 3.63) is 36.9 Å². The van der Waals surface area contributed by atoms with Crippen LogP contribution in [0.2, 0.25) is 0 Å². The predicted molar refractivity (Wildman–Crippen MR) is 104 cm³/mol. The number of imidazole rings is 1. The lowest BCUT2D eigenvalue weighted by Gasteiger charge is -2.15. The Bertz CT molecular complexity index is 882. The molecule has 144 valence electrons. The lowest BCUT2D eigenvalue weighted by Crippen LogP contribution is -2.32. The van der Waals surface area contributed by atoms with Gasteiger partial charge in [-0.2, -0.15) is 0 Å². The second kappa shape index (κ2) is 8.77. The minimum absolute atomic E-state index is 0.0963. The van der Waals surface area contributed by atoms with Gasteiger partial charge in [0.15, 0.2) is 0 Å². The van der Waals surface area contributed by atoms with E-state index < -0.39 is 0 Å². The van der Waals surface area contributed by atoms with Gasteiger partial charge in [0.2, 0.25) is 0 Å². The average molecular weight is 372 g/mol. The van der Waals surface area contributed by atoms with Gasteiger partial charge in [-0.05, 0) is 26.8 Å². The minimum Gasteiger partial charge on any atom is -0.491 e. The third-order valence-electron chi connectivity index (χ3n) is 3.87. The predicted octanol–water partition coefficient (Wildman–Crippen LogP) is 2.94. The van der Waals surface area contributed by atoms with Crippen LogP contribution in [0, 0.1) is 0 Å². The molecule has 3 aromatic rings. The van der Waals surface area contributed by atoms with Gasteiger partial charge in [-0.15, -0.1) is 0 Å². The monoisotopic (exact) mass is 372 g/mol. The largest absolute Gasteiger partial charge is 0.491 e. The summed E-state index contributed by atoms with van der Waals surface area (Å²) in [6.45, 7) is 6.60. The first-order valence-electron chi connectivity index (χ1n) is 9.06. The zero-order valence-electron chi connectivity index (χ0n) is 15.8. The van der Waals surface area contributed by atoms with E-state index in [0.29, 0.717) is 24.6 Å². The van der Waals surface area contributed by atoms with Gasteiger partial charge < -0.3 is 15.4 Å².